The Kier molecular flexibility index (Phi) is 5.50. The van der Waals surface area contributed by atoms with Gasteiger partial charge in [0, 0.05) is 0 Å². The van der Waals surface area contributed by atoms with E-state index in [0.29, 0.717) is 0 Å². The molecule has 0 amide bonds. The van der Waals surface area contributed by atoms with Crippen molar-refractivity contribution >= 4 is 12.2 Å². The predicted molar refractivity (Wildman–Crippen MR) is 38.1 cm³/mol. The smallest absolute Gasteiger partial charge is 0.174 e. The van der Waals surface area contributed by atoms with Crippen molar-refractivity contribution < 1.29 is 19.7 Å². The van der Waals surface area contributed by atoms with E-state index < -0.39 is 12.2 Å². The van der Waals surface area contributed by atoms with E-state index in [1.54, 1.807) is 13.8 Å². The van der Waals surface area contributed by atoms with Crippen molar-refractivity contribution in [2.24, 2.45) is 10.2 Å². The van der Waals surface area contributed by atoms with Gasteiger partial charge in [0.05, 0.1) is 0 Å². The lowest BCUT2D eigenvalue weighted by molar-refractivity contribution is -0.255. The monoisotopic (exact) mass is 174 g/mol. The second-order valence-electron chi connectivity index (χ2n) is 1.60. The van der Waals surface area contributed by atoms with Crippen LogP contribution in [0.1, 0.15) is 13.8 Å². The predicted octanol–water partition coefficient (Wildman–Crippen LogP) is -1.59. The van der Waals surface area contributed by atoms with Crippen LogP contribution < -0.4 is 10.2 Å². The zero-order valence-electron chi connectivity index (χ0n) is 6.94. The lowest BCUT2D eigenvalue weighted by Gasteiger charge is -2.10. The molecule has 0 aromatic heterocycles. The van der Waals surface area contributed by atoms with Gasteiger partial charge in [-0.05, 0) is 13.2 Å². The first kappa shape index (κ1) is 10.5. The quantitative estimate of drug-likeness (QED) is 0.293. The molecule has 0 saturated carbocycles. The molecule has 12 heavy (non-hydrogen) atoms. The molecule has 0 fully saturated rings. The van der Waals surface area contributed by atoms with E-state index in [-0.39, 0.29) is 13.2 Å². The lowest BCUT2D eigenvalue weighted by Crippen LogP contribution is -2.23. The van der Waals surface area contributed by atoms with Crippen molar-refractivity contribution in [2.75, 3.05) is 13.2 Å². The molecule has 0 aromatic carbocycles. The van der Waals surface area contributed by atoms with Crippen molar-refractivity contribution in [2.45, 2.75) is 13.8 Å². The second kappa shape index (κ2) is 6.26. The molecule has 0 aliphatic heterocycles. The summed E-state index contributed by atoms with van der Waals surface area (Å²) in [5.74, 6) is 0. The van der Waals surface area contributed by atoms with E-state index in [2.05, 4.69) is 19.7 Å². The second-order valence-corrected chi connectivity index (χ2v) is 1.60. The van der Waals surface area contributed by atoms with Gasteiger partial charge in [0.25, 0.3) is 0 Å². The average Bonchev–Trinajstić information content (AvgIpc) is 2.02. The molecule has 70 valence electrons. The highest BCUT2D eigenvalue weighted by Crippen LogP contribution is 1.79. The van der Waals surface area contributed by atoms with Crippen LogP contribution in [0.25, 0.3) is 0 Å². The van der Waals surface area contributed by atoms with Crippen LogP contribution in [0.2, 0.25) is 0 Å². The third-order valence-corrected chi connectivity index (χ3v) is 0.749. The van der Waals surface area contributed by atoms with Crippen LogP contribution in [0.4, 0.5) is 0 Å². The molecular weight excluding hydrogens is 164 g/mol. The van der Waals surface area contributed by atoms with E-state index in [0.717, 1.165) is 0 Å². The molecule has 6 nitrogen and oxygen atoms in total. The Morgan fingerprint density at radius 1 is 1.00 bits per heavy atom. The van der Waals surface area contributed by atoms with Gasteiger partial charge < -0.3 is 19.7 Å². The number of hydrogen-bond donors (Lipinski definition) is 0. The zero-order chi connectivity index (χ0) is 9.40. The molecule has 0 aliphatic rings. The third-order valence-electron chi connectivity index (χ3n) is 0.749. The van der Waals surface area contributed by atoms with Crippen LogP contribution in [-0.2, 0) is 9.47 Å². The molecule has 0 rings (SSSR count). The molecule has 0 unspecified atom stereocenters. The number of nitrogens with zero attached hydrogens (tertiary/aromatic N) is 2. The van der Waals surface area contributed by atoms with Gasteiger partial charge in [-0.15, -0.1) is 10.2 Å². The Balaban J connectivity index is 3.89. The Bertz CT molecular complexity index is 158. The lowest BCUT2D eigenvalue weighted by atomic mass is 10.9. The van der Waals surface area contributed by atoms with E-state index in [1.165, 1.54) is 0 Å². The van der Waals surface area contributed by atoms with E-state index in [4.69, 9.17) is 0 Å². The Morgan fingerprint density at radius 3 is 1.58 bits per heavy atom. The van der Waals surface area contributed by atoms with Crippen LogP contribution in [-0.4, -0.2) is 25.4 Å². The molecule has 0 heterocycles. The summed E-state index contributed by atoms with van der Waals surface area (Å²) in [5.41, 5.74) is 0. The fraction of sp³-hybridized carbons (Fsp3) is 0.667. The maximum atomic E-state index is 10.5. The van der Waals surface area contributed by atoms with Crippen LogP contribution in [0.5, 0.6) is 0 Å². The van der Waals surface area contributed by atoms with Gasteiger partial charge in [-0.1, -0.05) is 13.8 Å². The molecule has 0 radical (unpaired) electrons. The SMILES string of the molecule is CCO/C([O-])=N/N=C(\[O-])OCC. The first-order chi connectivity index (χ1) is 5.70. The first-order valence-electron chi connectivity index (χ1n) is 3.46. The van der Waals surface area contributed by atoms with Crippen molar-refractivity contribution in [3.63, 3.8) is 0 Å². The fourth-order valence-electron chi connectivity index (χ4n) is 0.386. The Labute approximate surface area is 70.1 Å². The van der Waals surface area contributed by atoms with Crippen molar-refractivity contribution in [1.82, 2.24) is 0 Å². The summed E-state index contributed by atoms with van der Waals surface area (Å²) < 4.78 is 8.73. The molecule has 0 aliphatic carbocycles. The summed E-state index contributed by atoms with van der Waals surface area (Å²) in [7, 11) is 0. The minimum Gasteiger partial charge on any atom is -0.599 e. The van der Waals surface area contributed by atoms with Crippen molar-refractivity contribution in [3.8, 4) is 0 Å². The fourth-order valence-corrected chi connectivity index (χ4v) is 0.386. The Hall–Kier alpha value is -1.46. The van der Waals surface area contributed by atoms with Crippen LogP contribution in [0, 0.1) is 0 Å². The van der Waals surface area contributed by atoms with E-state index in [9.17, 15) is 10.2 Å². The van der Waals surface area contributed by atoms with Gasteiger partial charge in [0.15, 0.2) is 12.2 Å². The number of rotatable bonds is 3. The van der Waals surface area contributed by atoms with Gasteiger partial charge in [-0.2, -0.15) is 0 Å². The van der Waals surface area contributed by atoms with Crippen molar-refractivity contribution in [1.29, 1.82) is 0 Å². The summed E-state index contributed by atoms with van der Waals surface area (Å²) in [5, 5.41) is 26.8. The molecule has 0 N–H and O–H groups in total. The normalized spacial score (nSPS) is 12.8. The molecule has 0 atom stereocenters. The van der Waals surface area contributed by atoms with Crippen LogP contribution >= 0.6 is 0 Å². The number of ether oxygens (including phenoxy) is 2. The van der Waals surface area contributed by atoms with E-state index >= 15 is 0 Å². The summed E-state index contributed by atoms with van der Waals surface area (Å²) in [4.78, 5) is 0. The minimum absolute atomic E-state index is 0.195. The van der Waals surface area contributed by atoms with E-state index in [1.807, 2.05) is 0 Å². The zero-order valence-corrected chi connectivity index (χ0v) is 6.94. The summed E-state index contributed by atoms with van der Waals surface area (Å²) in [6.45, 7) is 3.64. The molecule has 0 bridgehead atoms. The molecule has 0 aromatic rings. The molecule has 6 heteroatoms. The largest absolute Gasteiger partial charge is 0.599 e. The standard InChI is InChI=1S/C6H12N2O4/c1-3-11-5(9)7-8-6(10)12-4-2/h3-4H2,1-2H3,(H,7,9)(H,8,10)/p-2. The van der Waals surface area contributed by atoms with Gasteiger partial charge >= 0.3 is 0 Å². The highest BCUT2D eigenvalue weighted by atomic mass is 16.6. The van der Waals surface area contributed by atoms with Gasteiger partial charge in [0.2, 0.25) is 0 Å². The van der Waals surface area contributed by atoms with Gasteiger partial charge in [0.1, 0.15) is 0 Å². The first-order valence-corrected chi connectivity index (χ1v) is 3.46. The van der Waals surface area contributed by atoms with Gasteiger partial charge in [-0.25, -0.2) is 0 Å². The maximum Gasteiger partial charge on any atom is 0.174 e. The highest BCUT2D eigenvalue weighted by Gasteiger charge is 1.79. The summed E-state index contributed by atoms with van der Waals surface area (Å²) in [6.07, 6.45) is -1.80. The topological polar surface area (TPSA) is 89.3 Å². The Morgan fingerprint density at radius 2 is 1.33 bits per heavy atom. The highest BCUT2D eigenvalue weighted by molar-refractivity contribution is 5.65. The van der Waals surface area contributed by atoms with Crippen LogP contribution in [0.3, 0.4) is 0 Å². The van der Waals surface area contributed by atoms with Crippen molar-refractivity contribution in [3.05, 3.63) is 0 Å². The molecule has 0 spiro atoms. The molecule has 0 saturated heterocycles. The average molecular weight is 174 g/mol. The van der Waals surface area contributed by atoms with Gasteiger partial charge in [-0.3, -0.25) is 0 Å². The number of hydrogen-bond acceptors (Lipinski definition) is 6. The van der Waals surface area contributed by atoms with Crippen LogP contribution in [0.15, 0.2) is 10.2 Å². The summed E-state index contributed by atoms with van der Waals surface area (Å²) in [6, 6.07) is 0. The summed E-state index contributed by atoms with van der Waals surface area (Å²) >= 11 is 0. The molecular formula is C6H10N2O4-2. The minimum atomic E-state index is -0.898. The third kappa shape index (κ3) is 5.33. The maximum absolute atomic E-state index is 10.5.